The van der Waals surface area contributed by atoms with E-state index in [9.17, 15) is 4.79 Å². The lowest BCUT2D eigenvalue weighted by molar-refractivity contribution is -0.121. The molecule has 0 spiro atoms. The summed E-state index contributed by atoms with van der Waals surface area (Å²) in [5, 5.41) is 12.3. The number of rotatable bonds is 16. The average molecular weight is 573 g/mol. The molecule has 1 aromatic carbocycles. The fourth-order valence-electron chi connectivity index (χ4n) is 4.28. The van der Waals surface area contributed by atoms with Crippen molar-refractivity contribution in [2.24, 2.45) is 0 Å². The summed E-state index contributed by atoms with van der Waals surface area (Å²) in [7, 11) is 0. The van der Waals surface area contributed by atoms with E-state index in [4.69, 9.17) is 28.3 Å². The van der Waals surface area contributed by atoms with Gasteiger partial charge in [0.1, 0.15) is 5.82 Å². The van der Waals surface area contributed by atoms with Crippen molar-refractivity contribution in [2.45, 2.75) is 59.9 Å². The van der Waals surface area contributed by atoms with E-state index in [1.807, 2.05) is 62.6 Å². The molecule has 0 saturated heterocycles. The van der Waals surface area contributed by atoms with Gasteiger partial charge < -0.3 is 15.5 Å². The Labute approximate surface area is 244 Å². The second-order valence-corrected chi connectivity index (χ2v) is 10.2. The molecule has 1 heterocycles. The summed E-state index contributed by atoms with van der Waals surface area (Å²) >= 11 is 12.5. The van der Waals surface area contributed by atoms with Gasteiger partial charge >= 0.3 is 0 Å². The van der Waals surface area contributed by atoms with Crippen molar-refractivity contribution >= 4 is 41.1 Å². The normalized spacial score (nSPS) is 13.2. The number of nitrogens with zero attached hydrogens (tertiary/aromatic N) is 3. The fraction of sp³-hybridized carbons (Fsp3) is 0.419. The predicted molar refractivity (Wildman–Crippen MR) is 168 cm³/mol. The third-order valence-electron chi connectivity index (χ3n) is 6.54. The van der Waals surface area contributed by atoms with E-state index in [0.717, 1.165) is 60.7 Å². The molecular weight excluding hydrogens is 529 g/mol. The zero-order valence-corrected chi connectivity index (χ0v) is 25.4. The maximum absolute atomic E-state index is 12.6. The highest BCUT2D eigenvalue weighted by Gasteiger charge is 2.12. The van der Waals surface area contributed by atoms with Crippen LogP contribution in [0.25, 0.3) is 17.5 Å². The number of hydrogen-bond donors (Lipinski definition) is 2. The topological polar surface area (TPSA) is 62.2 Å². The Bertz CT molecular complexity index is 1160. The molecule has 6 nitrogen and oxygen atoms in total. The quantitative estimate of drug-likeness (QED) is 0.201. The van der Waals surface area contributed by atoms with Crippen molar-refractivity contribution in [2.75, 3.05) is 31.5 Å². The highest BCUT2D eigenvalue weighted by molar-refractivity contribution is 6.35. The number of halogens is 2. The maximum atomic E-state index is 12.6. The van der Waals surface area contributed by atoms with Crippen LogP contribution in [0.4, 0.5) is 5.82 Å². The van der Waals surface area contributed by atoms with Crippen LogP contribution in [0.2, 0.25) is 10.0 Å². The van der Waals surface area contributed by atoms with Crippen LogP contribution in [-0.2, 0) is 4.79 Å². The van der Waals surface area contributed by atoms with Crippen molar-refractivity contribution in [3.8, 4) is 11.3 Å². The Balaban J connectivity index is 2.11. The molecule has 0 saturated carbocycles. The Morgan fingerprint density at radius 1 is 1.10 bits per heavy atom. The first kappa shape index (κ1) is 32.4. The number of allylic oxidation sites excluding steroid dienone is 6. The number of hydrogen-bond acceptors (Lipinski definition) is 4. The van der Waals surface area contributed by atoms with Gasteiger partial charge in [0.25, 0.3) is 0 Å². The Morgan fingerprint density at radius 2 is 1.77 bits per heavy atom. The minimum atomic E-state index is 0.0289. The van der Waals surface area contributed by atoms with Crippen LogP contribution in [0.3, 0.4) is 0 Å². The molecule has 8 heteroatoms. The van der Waals surface area contributed by atoms with Gasteiger partial charge in [0.2, 0.25) is 5.91 Å². The Hall–Kier alpha value is -2.80. The molecule has 2 rings (SSSR count). The van der Waals surface area contributed by atoms with Gasteiger partial charge in [0.15, 0.2) is 0 Å². The third-order valence-corrected chi connectivity index (χ3v) is 6.97. The largest absolute Gasteiger partial charge is 0.369 e. The molecule has 0 aliphatic rings. The van der Waals surface area contributed by atoms with Crippen molar-refractivity contribution < 1.29 is 4.79 Å². The van der Waals surface area contributed by atoms with Crippen molar-refractivity contribution in [3.63, 3.8) is 0 Å². The molecule has 1 amide bonds. The molecule has 0 radical (unpaired) electrons. The number of carbonyl (C=O) groups excluding carboxylic acids is 1. The smallest absolute Gasteiger partial charge is 0.221 e. The molecule has 1 aromatic heterocycles. The molecule has 1 atom stereocenters. The van der Waals surface area contributed by atoms with E-state index < -0.39 is 0 Å². The first-order valence-corrected chi connectivity index (χ1v) is 14.4. The molecule has 2 aromatic rings. The van der Waals surface area contributed by atoms with E-state index in [2.05, 4.69) is 42.9 Å². The first-order valence-electron chi connectivity index (χ1n) is 13.7. The number of amides is 1. The van der Waals surface area contributed by atoms with Crippen LogP contribution < -0.4 is 10.6 Å². The predicted octanol–water partition coefficient (Wildman–Crippen LogP) is 7.83. The molecule has 0 aliphatic heterocycles. The second-order valence-electron chi connectivity index (χ2n) is 9.34. The van der Waals surface area contributed by atoms with Crippen LogP contribution >= 0.6 is 23.2 Å². The van der Waals surface area contributed by atoms with Gasteiger partial charge in [0.05, 0.1) is 5.69 Å². The highest BCUT2D eigenvalue weighted by Crippen LogP contribution is 2.28. The molecular formula is C31H43Cl2N5O. The number of benzene rings is 1. The van der Waals surface area contributed by atoms with Gasteiger partial charge in [-0.15, -0.1) is 0 Å². The molecule has 212 valence electrons. The summed E-state index contributed by atoms with van der Waals surface area (Å²) in [4.78, 5) is 15.0. The van der Waals surface area contributed by atoms with Crippen molar-refractivity contribution in [1.29, 1.82) is 0 Å². The van der Waals surface area contributed by atoms with E-state index in [-0.39, 0.29) is 11.9 Å². The molecule has 0 fully saturated rings. The van der Waals surface area contributed by atoms with Crippen molar-refractivity contribution in [3.05, 3.63) is 76.3 Å². The van der Waals surface area contributed by atoms with E-state index in [1.54, 1.807) is 10.7 Å². The standard InChI is InChI=1S/C31H43Cl2N5O/c1-7-24(8-2)25(9-3)15-18-38-30(22-29(36-38)26-19-27(32)21-28(33)20-26)34-16-14-31(39)35-23(6)13-12-17-37(10-4)11-5/h7-9,15,18-23,34H,1,10-14,16-17H2,2-6H3,(H,35,39)/b18-15+,24-8-,25-9-. The van der Waals surface area contributed by atoms with E-state index in [1.165, 1.54) is 0 Å². The zero-order chi connectivity index (χ0) is 28.8. The van der Waals surface area contributed by atoms with Gasteiger partial charge in [-0.05, 0) is 88.7 Å². The minimum Gasteiger partial charge on any atom is -0.369 e. The van der Waals surface area contributed by atoms with Gasteiger partial charge in [0, 0.05) is 46.9 Å². The fourth-order valence-corrected chi connectivity index (χ4v) is 4.81. The van der Waals surface area contributed by atoms with Crippen molar-refractivity contribution in [1.82, 2.24) is 20.0 Å². The van der Waals surface area contributed by atoms with Gasteiger partial charge in [-0.1, -0.05) is 61.9 Å². The summed E-state index contributed by atoms with van der Waals surface area (Å²) in [6.45, 7) is 17.9. The number of anilines is 1. The van der Waals surface area contributed by atoms with Crippen LogP contribution in [0.1, 0.15) is 53.9 Å². The highest BCUT2D eigenvalue weighted by atomic mass is 35.5. The number of aromatic nitrogens is 2. The third kappa shape index (κ3) is 10.7. The molecule has 0 aliphatic carbocycles. The summed E-state index contributed by atoms with van der Waals surface area (Å²) in [5.41, 5.74) is 3.58. The number of carbonyl (C=O) groups is 1. The molecule has 1 unspecified atom stereocenters. The van der Waals surface area contributed by atoms with Gasteiger partial charge in [-0.3, -0.25) is 4.79 Å². The Kier molecular flexibility index (Phi) is 14.1. The van der Waals surface area contributed by atoms with E-state index >= 15 is 0 Å². The zero-order valence-electron chi connectivity index (χ0n) is 23.9. The monoisotopic (exact) mass is 571 g/mol. The Morgan fingerprint density at radius 3 is 2.36 bits per heavy atom. The second kappa shape index (κ2) is 17.0. The van der Waals surface area contributed by atoms with Crippen LogP contribution in [0.5, 0.6) is 0 Å². The minimum absolute atomic E-state index is 0.0289. The van der Waals surface area contributed by atoms with E-state index in [0.29, 0.717) is 23.0 Å². The van der Waals surface area contributed by atoms with Crippen LogP contribution in [0.15, 0.2) is 66.3 Å². The first-order chi connectivity index (χ1) is 18.7. The lowest BCUT2D eigenvalue weighted by atomic mass is 10.1. The lowest BCUT2D eigenvalue weighted by Crippen LogP contribution is -2.34. The average Bonchev–Trinajstić information content (AvgIpc) is 3.31. The molecule has 39 heavy (non-hydrogen) atoms. The van der Waals surface area contributed by atoms with Gasteiger partial charge in [-0.25, -0.2) is 4.68 Å². The molecule has 2 N–H and O–H groups in total. The van der Waals surface area contributed by atoms with Gasteiger partial charge in [-0.2, -0.15) is 5.10 Å². The lowest BCUT2D eigenvalue weighted by Gasteiger charge is -2.19. The maximum Gasteiger partial charge on any atom is 0.221 e. The van der Waals surface area contributed by atoms with Crippen LogP contribution in [-0.4, -0.2) is 52.8 Å². The summed E-state index contributed by atoms with van der Waals surface area (Å²) in [6, 6.07) is 7.42. The van der Waals surface area contributed by atoms with Crippen LogP contribution in [0, 0.1) is 0 Å². The summed E-state index contributed by atoms with van der Waals surface area (Å²) < 4.78 is 1.76. The summed E-state index contributed by atoms with van der Waals surface area (Å²) in [5.74, 6) is 0.787. The molecule has 0 bridgehead atoms. The summed E-state index contributed by atoms with van der Waals surface area (Å²) in [6.07, 6.45) is 12.1. The SMILES string of the molecule is C=CC(=C/C)/C(=C\C)/C=C/n1nc(-c2cc(Cl)cc(Cl)c2)cc1NCCC(=O)NC(C)CCCN(CC)CC. The number of nitrogens with one attached hydrogen (secondary N) is 2.